The lowest BCUT2D eigenvalue weighted by Gasteiger charge is -2.17. The number of hydrogen-bond donors (Lipinski definition) is 2. The van der Waals surface area contributed by atoms with Gasteiger partial charge in [-0.25, -0.2) is 0 Å². The molecule has 0 radical (unpaired) electrons. The topological polar surface area (TPSA) is 52.6 Å². The Labute approximate surface area is 115 Å². The predicted molar refractivity (Wildman–Crippen MR) is 77.6 cm³/mol. The molecule has 19 heavy (non-hydrogen) atoms. The van der Waals surface area contributed by atoms with Crippen molar-refractivity contribution >= 4 is 5.91 Å². The molecule has 0 fully saturated rings. The second-order valence-electron chi connectivity index (χ2n) is 4.59. The highest BCUT2D eigenvalue weighted by atomic mass is 16.3. The summed E-state index contributed by atoms with van der Waals surface area (Å²) in [6, 6.07) is 5.01. The second kappa shape index (κ2) is 7.79. The lowest BCUT2D eigenvalue weighted by Crippen LogP contribution is -2.30. The number of phenols is 1. The molecule has 1 aromatic carbocycles. The van der Waals surface area contributed by atoms with Gasteiger partial charge in [-0.15, -0.1) is 0 Å². The van der Waals surface area contributed by atoms with E-state index in [4.69, 9.17) is 0 Å². The van der Waals surface area contributed by atoms with E-state index in [9.17, 15) is 9.90 Å². The van der Waals surface area contributed by atoms with E-state index in [1.807, 2.05) is 0 Å². The van der Waals surface area contributed by atoms with Crippen LogP contribution in [0.25, 0.3) is 0 Å². The van der Waals surface area contributed by atoms with E-state index >= 15 is 0 Å². The van der Waals surface area contributed by atoms with E-state index in [2.05, 4.69) is 24.1 Å². The minimum Gasteiger partial charge on any atom is -0.508 e. The van der Waals surface area contributed by atoms with Crippen molar-refractivity contribution in [1.29, 1.82) is 0 Å². The van der Waals surface area contributed by atoms with E-state index in [1.165, 1.54) is 0 Å². The van der Waals surface area contributed by atoms with Crippen LogP contribution in [0.4, 0.5) is 0 Å². The molecule has 0 unspecified atom stereocenters. The van der Waals surface area contributed by atoms with Gasteiger partial charge in [0, 0.05) is 17.7 Å². The van der Waals surface area contributed by atoms with Crippen molar-refractivity contribution in [2.75, 3.05) is 26.2 Å². The number of rotatable bonds is 7. The molecular formula is C15H24N2O2. The van der Waals surface area contributed by atoms with Crippen LogP contribution in [0.3, 0.4) is 0 Å². The van der Waals surface area contributed by atoms with Crippen LogP contribution in [0.15, 0.2) is 18.2 Å². The van der Waals surface area contributed by atoms with Gasteiger partial charge in [-0.3, -0.25) is 4.79 Å². The van der Waals surface area contributed by atoms with Gasteiger partial charge in [-0.2, -0.15) is 0 Å². The molecule has 0 aliphatic rings. The van der Waals surface area contributed by atoms with Crippen LogP contribution >= 0.6 is 0 Å². The molecular weight excluding hydrogens is 240 g/mol. The maximum atomic E-state index is 12.0. The Hall–Kier alpha value is -1.55. The highest BCUT2D eigenvalue weighted by Gasteiger charge is 2.10. The van der Waals surface area contributed by atoms with Crippen LogP contribution in [0.2, 0.25) is 0 Å². The van der Waals surface area contributed by atoms with Gasteiger partial charge in [-0.05, 0) is 45.1 Å². The van der Waals surface area contributed by atoms with Crippen molar-refractivity contribution in [3.63, 3.8) is 0 Å². The van der Waals surface area contributed by atoms with E-state index in [0.717, 1.165) is 26.1 Å². The maximum absolute atomic E-state index is 12.0. The first-order valence-electron chi connectivity index (χ1n) is 6.89. The number of nitrogens with zero attached hydrogens (tertiary/aromatic N) is 1. The molecule has 0 aliphatic carbocycles. The third-order valence-corrected chi connectivity index (χ3v) is 3.38. The first-order chi connectivity index (χ1) is 9.10. The smallest absolute Gasteiger partial charge is 0.251 e. The molecule has 4 heteroatoms. The number of benzene rings is 1. The number of nitrogens with one attached hydrogen (secondary N) is 1. The molecule has 0 heterocycles. The zero-order chi connectivity index (χ0) is 14.3. The molecule has 0 saturated carbocycles. The molecule has 1 amide bonds. The average molecular weight is 264 g/mol. The van der Waals surface area contributed by atoms with Gasteiger partial charge >= 0.3 is 0 Å². The largest absolute Gasteiger partial charge is 0.508 e. The Bertz CT molecular complexity index is 415. The van der Waals surface area contributed by atoms with E-state index in [1.54, 1.807) is 25.1 Å². The Balaban J connectivity index is 2.41. The summed E-state index contributed by atoms with van der Waals surface area (Å²) < 4.78 is 0. The molecule has 0 spiro atoms. The lowest BCUT2D eigenvalue weighted by atomic mass is 10.1. The second-order valence-corrected chi connectivity index (χ2v) is 4.59. The zero-order valence-electron chi connectivity index (χ0n) is 12.1. The van der Waals surface area contributed by atoms with Crippen LogP contribution in [-0.2, 0) is 0 Å². The van der Waals surface area contributed by atoms with Gasteiger partial charge in [0.05, 0.1) is 0 Å². The maximum Gasteiger partial charge on any atom is 0.251 e. The van der Waals surface area contributed by atoms with Crippen LogP contribution in [0.5, 0.6) is 5.75 Å². The standard InChI is InChI=1S/C15H24N2O2/c1-4-17(5-2)11-7-10-16-15(19)13-8-6-9-14(18)12(13)3/h6,8-9,18H,4-5,7,10-11H2,1-3H3,(H,16,19). The van der Waals surface area contributed by atoms with Crippen LogP contribution in [0.1, 0.15) is 36.2 Å². The average Bonchev–Trinajstić information content (AvgIpc) is 2.42. The molecule has 0 saturated heterocycles. The predicted octanol–water partition coefficient (Wildman–Crippen LogP) is 2.16. The summed E-state index contributed by atoms with van der Waals surface area (Å²) in [5.74, 6) is 0.0451. The quantitative estimate of drug-likeness (QED) is 0.742. The number of carbonyl (C=O) groups is 1. The van der Waals surface area contributed by atoms with E-state index < -0.39 is 0 Å². The highest BCUT2D eigenvalue weighted by Crippen LogP contribution is 2.19. The highest BCUT2D eigenvalue weighted by molar-refractivity contribution is 5.96. The monoisotopic (exact) mass is 264 g/mol. The normalized spacial score (nSPS) is 10.7. The Morgan fingerprint density at radius 2 is 2.00 bits per heavy atom. The third-order valence-electron chi connectivity index (χ3n) is 3.38. The Morgan fingerprint density at radius 3 is 2.63 bits per heavy atom. The lowest BCUT2D eigenvalue weighted by molar-refractivity contribution is 0.0951. The molecule has 1 rings (SSSR count). The molecule has 2 N–H and O–H groups in total. The van der Waals surface area contributed by atoms with Gasteiger partial charge in [-0.1, -0.05) is 19.9 Å². The summed E-state index contributed by atoms with van der Waals surface area (Å²) >= 11 is 0. The molecule has 0 aromatic heterocycles. The molecule has 1 aromatic rings. The fourth-order valence-corrected chi connectivity index (χ4v) is 2.01. The molecule has 4 nitrogen and oxygen atoms in total. The van der Waals surface area contributed by atoms with Gasteiger partial charge in [0.1, 0.15) is 5.75 Å². The number of carbonyl (C=O) groups excluding carboxylic acids is 1. The van der Waals surface area contributed by atoms with E-state index in [-0.39, 0.29) is 11.7 Å². The number of phenolic OH excluding ortho intramolecular Hbond substituents is 1. The summed E-state index contributed by atoms with van der Waals surface area (Å²) in [6.45, 7) is 9.75. The summed E-state index contributed by atoms with van der Waals surface area (Å²) in [7, 11) is 0. The van der Waals surface area contributed by atoms with Crippen molar-refractivity contribution in [2.45, 2.75) is 27.2 Å². The number of hydrogen-bond acceptors (Lipinski definition) is 3. The Kier molecular flexibility index (Phi) is 6.36. The van der Waals surface area contributed by atoms with Crippen LogP contribution in [-0.4, -0.2) is 42.1 Å². The molecule has 0 atom stereocenters. The summed E-state index contributed by atoms with van der Waals surface area (Å²) in [6.07, 6.45) is 0.936. The van der Waals surface area contributed by atoms with Crippen molar-refractivity contribution < 1.29 is 9.90 Å². The van der Waals surface area contributed by atoms with Gasteiger partial charge in [0.2, 0.25) is 0 Å². The fraction of sp³-hybridized carbons (Fsp3) is 0.533. The number of amides is 1. The summed E-state index contributed by atoms with van der Waals surface area (Å²) in [5.41, 5.74) is 1.17. The van der Waals surface area contributed by atoms with Crippen molar-refractivity contribution in [2.24, 2.45) is 0 Å². The molecule has 0 aliphatic heterocycles. The van der Waals surface area contributed by atoms with Crippen LogP contribution < -0.4 is 5.32 Å². The summed E-state index contributed by atoms with van der Waals surface area (Å²) in [4.78, 5) is 14.3. The van der Waals surface area contributed by atoms with Crippen LogP contribution in [0, 0.1) is 6.92 Å². The van der Waals surface area contributed by atoms with Gasteiger partial charge in [0.15, 0.2) is 0 Å². The number of aromatic hydroxyl groups is 1. The molecule has 0 bridgehead atoms. The van der Waals surface area contributed by atoms with Crippen molar-refractivity contribution in [1.82, 2.24) is 10.2 Å². The van der Waals surface area contributed by atoms with Crippen molar-refractivity contribution in [3.8, 4) is 5.75 Å². The third kappa shape index (κ3) is 4.56. The first-order valence-corrected chi connectivity index (χ1v) is 6.89. The SMILES string of the molecule is CCN(CC)CCCNC(=O)c1cccc(O)c1C. The minimum absolute atomic E-state index is 0.118. The van der Waals surface area contributed by atoms with Gasteiger partial charge < -0.3 is 15.3 Å². The Morgan fingerprint density at radius 1 is 1.32 bits per heavy atom. The fourth-order valence-electron chi connectivity index (χ4n) is 2.01. The first kappa shape index (κ1) is 15.5. The minimum atomic E-state index is -0.118. The molecule has 106 valence electrons. The van der Waals surface area contributed by atoms with Gasteiger partial charge in [0.25, 0.3) is 5.91 Å². The van der Waals surface area contributed by atoms with E-state index in [0.29, 0.717) is 17.7 Å². The summed E-state index contributed by atoms with van der Waals surface area (Å²) in [5, 5.41) is 12.5. The van der Waals surface area contributed by atoms with Crippen molar-refractivity contribution in [3.05, 3.63) is 29.3 Å². The zero-order valence-corrected chi connectivity index (χ0v) is 12.1.